The van der Waals surface area contributed by atoms with Crippen molar-refractivity contribution in [2.24, 2.45) is 50.7 Å². The molecule has 7 rings (SSSR count). The van der Waals surface area contributed by atoms with E-state index in [2.05, 4.69) is 41.2 Å². The van der Waals surface area contributed by atoms with Gasteiger partial charge in [0.15, 0.2) is 6.10 Å². The predicted octanol–water partition coefficient (Wildman–Crippen LogP) is 5.95. The van der Waals surface area contributed by atoms with Crippen molar-refractivity contribution >= 4 is 6.09 Å². The highest BCUT2D eigenvalue weighted by molar-refractivity contribution is 5.69. The summed E-state index contributed by atoms with van der Waals surface area (Å²) in [6, 6.07) is 0. The first-order valence-corrected chi connectivity index (χ1v) is 16.4. The van der Waals surface area contributed by atoms with Crippen LogP contribution in [0.5, 0.6) is 0 Å². The number of hydrogen-bond donors (Lipinski definition) is 2. The summed E-state index contributed by atoms with van der Waals surface area (Å²) < 4.78 is 12.9. The van der Waals surface area contributed by atoms with Crippen molar-refractivity contribution in [3.05, 3.63) is 12.2 Å². The Morgan fingerprint density at radius 3 is 2.35 bits per heavy atom. The van der Waals surface area contributed by atoms with E-state index in [1.54, 1.807) is 4.90 Å². The van der Waals surface area contributed by atoms with Gasteiger partial charge in [0, 0.05) is 18.5 Å². The van der Waals surface area contributed by atoms with Gasteiger partial charge in [0.2, 0.25) is 0 Å². The molecule has 0 aromatic heterocycles. The third-order valence-electron chi connectivity index (χ3n) is 15.0. The van der Waals surface area contributed by atoms with Gasteiger partial charge >= 0.3 is 6.09 Å². The van der Waals surface area contributed by atoms with Crippen LogP contribution >= 0.6 is 0 Å². The summed E-state index contributed by atoms with van der Waals surface area (Å²) in [6.07, 6.45) is 7.85. The van der Waals surface area contributed by atoms with Gasteiger partial charge in [-0.05, 0) is 116 Å². The molecule has 6 nitrogen and oxygen atoms in total. The molecule has 40 heavy (non-hydrogen) atoms. The Morgan fingerprint density at radius 1 is 1.02 bits per heavy atom. The summed E-state index contributed by atoms with van der Waals surface area (Å²) in [4.78, 5) is 14.5. The Balaban J connectivity index is 1.19. The molecule has 0 aromatic carbocycles. The summed E-state index contributed by atoms with van der Waals surface area (Å²) in [6.45, 7) is 19.5. The van der Waals surface area contributed by atoms with Gasteiger partial charge < -0.3 is 24.6 Å². The lowest BCUT2D eigenvalue weighted by molar-refractivity contribution is -0.183. The molecule has 5 aliphatic carbocycles. The van der Waals surface area contributed by atoms with E-state index in [4.69, 9.17) is 9.47 Å². The maximum Gasteiger partial charge on any atom is 0.410 e. The Kier molecular flexibility index (Phi) is 5.89. The number of ether oxygens (including phenoxy) is 2. The molecule has 6 heteroatoms. The largest absolute Gasteiger partial charge is 0.439 e. The maximum absolute atomic E-state index is 12.8. The smallest absolute Gasteiger partial charge is 0.410 e. The Labute approximate surface area is 241 Å². The zero-order valence-electron chi connectivity index (χ0n) is 25.7. The second kappa shape index (κ2) is 8.50. The maximum atomic E-state index is 12.8. The van der Waals surface area contributed by atoms with Crippen molar-refractivity contribution < 1.29 is 24.5 Å². The molecule has 0 aromatic rings. The summed E-state index contributed by atoms with van der Waals surface area (Å²) in [5.41, 5.74) is 1.20. The van der Waals surface area contributed by atoms with Gasteiger partial charge in [0.05, 0.1) is 24.4 Å². The van der Waals surface area contributed by atoms with Crippen molar-refractivity contribution in [2.45, 2.75) is 130 Å². The highest BCUT2D eigenvalue weighted by Crippen LogP contribution is 2.89. The lowest BCUT2D eigenvalue weighted by Gasteiger charge is -2.63. The van der Waals surface area contributed by atoms with E-state index in [-0.39, 0.29) is 46.6 Å². The van der Waals surface area contributed by atoms with Crippen molar-refractivity contribution in [3.8, 4) is 0 Å². The molecule has 2 spiro atoms. The average molecular weight is 556 g/mol. The second-order valence-corrected chi connectivity index (χ2v) is 16.6. The molecule has 5 saturated carbocycles. The zero-order valence-corrected chi connectivity index (χ0v) is 25.7. The summed E-state index contributed by atoms with van der Waals surface area (Å²) in [7, 11) is 0. The number of aliphatic hydroxyl groups excluding tert-OH is 2. The normalized spacial score (nSPS) is 54.5. The van der Waals surface area contributed by atoms with Gasteiger partial charge in [-0.25, -0.2) is 4.79 Å². The summed E-state index contributed by atoms with van der Waals surface area (Å²) >= 11 is 0. The van der Waals surface area contributed by atoms with Gasteiger partial charge in [0.25, 0.3) is 0 Å². The van der Waals surface area contributed by atoms with Crippen molar-refractivity contribution in [3.63, 3.8) is 0 Å². The molecule has 2 aliphatic heterocycles. The number of amides is 1. The Morgan fingerprint density at radius 2 is 1.70 bits per heavy atom. The third-order valence-corrected chi connectivity index (χ3v) is 15.0. The molecular formula is C34H53NO5. The van der Waals surface area contributed by atoms with Gasteiger partial charge in [-0.15, -0.1) is 0 Å². The molecule has 224 valence electrons. The van der Waals surface area contributed by atoms with Crippen molar-refractivity contribution in [1.29, 1.82) is 0 Å². The van der Waals surface area contributed by atoms with Crippen LogP contribution < -0.4 is 0 Å². The lowest BCUT2D eigenvalue weighted by atomic mass is 9.41. The first-order chi connectivity index (χ1) is 18.7. The topological polar surface area (TPSA) is 79.2 Å². The zero-order chi connectivity index (χ0) is 28.6. The van der Waals surface area contributed by atoms with Crippen LogP contribution in [0.1, 0.15) is 99.3 Å². The molecule has 13 atom stereocenters. The van der Waals surface area contributed by atoms with E-state index in [9.17, 15) is 15.0 Å². The van der Waals surface area contributed by atoms with Crippen LogP contribution in [-0.2, 0) is 9.47 Å². The standard InChI is InChI=1S/C34H53NO5/c1-19(2)26(40-29(38)35-15-8-16-35)21-17-20(3)25-27(39-21)28(37)32(7)23-10-9-22-30(4,5)24(36)11-12-33(22)18-34(23,33)14-13-31(25,32)6/h20-28,36-37H,1,8-18H2,2-7H3/t20-,21?,22+,23?,24?,25+,26?,27?,28+,31?,32-,33?,34?/m1/s1. The molecule has 0 radical (unpaired) electrons. The number of rotatable bonds is 3. The van der Waals surface area contributed by atoms with E-state index in [0.29, 0.717) is 28.6 Å². The van der Waals surface area contributed by atoms with Crippen molar-refractivity contribution in [2.75, 3.05) is 13.1 Å². The van der Waals surface area contributed by atoms with Crippen LogP contribution in [0, 0.1) is 50.7 Å². The Hall–Kier alpha value is -1.11. The second-order valence-electron chi connectivity index (χ2n) is 16.6. The molecular weight excluding hydrogens is 502 g/mol. The van der Waals surface area contributed by atoms with Crippen LogP contribution in [0.2, 0.25) is 0 Å². The van der Waals surface area contributed by atoms with Crippen molar-refractivity contribution in [1.82, 2.24) is 4.90 Å². The molecule has 0 bridgehead atoms. The summed E-state index contributed by atoms with van der Waals surface area (Å²) in [5.74, 6) is 1.70. The molecule has 2 saturated heterocycles. The van der Waals surface area contributed by atoms with Crippen LogP contribution in [0.15, 0.2) is 12.2 Å². The van der Waals surface area contributed by atoms with Crippen LogP contribution in [0.3, 0.4) is 0 Å². The predicted molar refractivity (Wildman–Crippen MR) is 153 cm³/mol. The van der Waals surface area contributed by atoms with Crippen LogP contribution in [-0.4, -0.2) is 64.8 Å². The molecule has 2 heterocycles. The minimum atomic E-state index is -0.539. The van der Waals surface area contributed by atoms with Gasteiger partial charge in [-0.3, -0.25) is 0 Å². The lowest BCUT2D eigenvalue weighted by Crippen LogP contribution is -2.59. The quantitative estimate of drug-likeness (QED) is 0.421. The highest BCUT2D eigenvalue weighted by atomic mass is 16.6. The number of aliphatic hydroxyl groups is 2. The number of fused-ring (bicyclic) bond motifs is 4. The average Bonchev–Trinajstić information content (AvgIpc) is 3.48. The minimum absolute atomic E-state index is 0.00469. The highest BCUT2D eigenvalue weighted by Gasteiger charge is 2.84. The molecule has 7 aliphatic rings. The monoisotopic (exact) mass is 555 g/mol. The van der Waals surface area contributed by atoms with Crippen LogP contribution in [0.4, 0.5) is 4.79 Å². The van der Waals surface area contributed by atoms with E-state index in [1.807, 2.05) is 6.92 Å². The molecule has 1 amide bonds. The number of likely N-dealkylation sites (tertiary alicyclic amines) is 1. The first kappa shape index (κ1) is 27.7. The fraction of sp³-hybridized carbons (Fsp3) is 0.912. The van der Waals surface area contributed by atoms with E-state index < -0.39 is 12.2 Å². The summed E-state index contributed by atoms with van der Waals surface area (Å²) in [5, 5.41) is 23.4. The molecule has 8 unspecified atom stereocenters. The van der Waals surface area contributed by atoms with Gasteiger partial charge in [-0.2, -0.15) is 0 Å². The van der Waals surface area contributed by atoms with Gasteiger partial charge in [-0.1, -0.05) is 41.2 Å². The Bertz CT molecular complexity index is 1100. The SMILES string of the molecule is C=C(C)C(OC(=O)N1CCC1)C1C[C@@H](C)[C@H]2C(O1)[C@H](O)[C@@]1(C)C3CC[C@H]4C(C)(C)C(O)CCC45CC35CCC21C. The van der Waals surface area contributed by atoms with E-state index >= 15 is 0 Å². The minimum Gasteiger partial charge on any atom is -0.439 e. The van der Waals surface area contributed by atoms with Crippen LogP contribution in [0.25, 0.3) is 0 Å². The molecule has 2 N–H and O–H groups in total. The third kappa shape index (κ3) is 3.15. The number of hydrogen-bond acceptors (Lipinski definition) is 5. The van der Waals surface area contributed by atoms with E-state index in [0.717, 1.165) is 63.6 Å². The first-order valence-electron chi connectivity index (χ1n) is 16.4. The van der Waals surface area contributed by atoms with E-state index in [1.165, 1.54) is 12.8 Å². The van der Waals surface area contributed by atoms with Gasteiger partial charge in [0.1, 0.15) is 0 Å². The number of nitrogens with zero attached hydrogens (tertiary/aromatic N) is 1. The number of carbonyl (C=O) groups is 1. The fourth-order valence-corrected chi connectivity index (χ4v) is 12.7. The fourth-order valence-electron chi connectivity index (χ4n) is 12.7. The number of carbonyl (C=O) groups excluding carboxylic acids is 1. The molecule has 7 fully saturated rings.